The summed E-state index contributed by atoms with van der Waals surface area (Å²) in [7, 11) is 1.66. The second-order valence-electron chi connectivity index (χ2n) is 5.53. The molecule has 0 spiro atoms. The van der Waals surface area contributed by atoms with Gasteiger partial charge in [0.2, 0.25) is 0 Å². The van der Waals surface area contributed by atoms with E-state index in [2.05, 4.69) is 10.3 Å². The first kappa shape index (κ1) is 16.9. The van der Waals surface area contributed by atoms with E-state index >= 15 is 0 Å². The number of nitrogens with zero attached hydrogens (tertiary/aromatic N) is 2. The lowest BCUT2D eigenvalue weighted by molar-refractivity contribution is 0.0996. The monoisotopic (exact) mass is 351 g/mol. The summed E-state index contributed by atoms with van der Waals surface area (Å²) < 4.78 is 0. The van der Waals surface area contributed by atoms with Gasteiger partial charge in [-0.15, -0.1) is 11.3 Å². The summed E-state index contributed by atoms with van der Waals surface area (Å²) in [5.74, 6) is 0.0131. The maximum atomic E-state index is 12.6. The number of rotatable bonds is 4. The second-order valence-corrected chi connectivity index (χ2v) is 6.48. The average Bonchev–Trinajstić information content (AvgIpc) is 3.17. The molecule has 0 atom stereocenters. The molecule has 0 radical (unpaired) electrons. The molecule has 2 amide bonds. The van der Waals surface area contributed by atoms with Crippen LogP contribution in [0.1, 0.15) is 25.6 Å². The van der Waals surface area contributed by atoms with Crippen molar-refractivity contribution in [3.8, 4) is 0 Å². The number of carbonyl (C=O) groups excluding carboxylic acids is 2. The lowest BCUT2D eigenvalue weighted by Gasteiger charge is -2.19. The first-order valence-electron chi connectivity index (χ1n) is 7.71. The summed E-state index contributed by atoms with van der Waals surface area (Å²) in [6, 6.07) is 14.2. The number of thiophene rings is 1. The van der Waals surface area contributed by atoms with E-state index in [0.717, 1.165) is 5.56 Å². The Labute approximate surface area is 149 Å². The molecule has 0 saturated heterocycles. The SMILES string of the molecule is Cc1ccc(NC(=O)c2ccccc2N(C)C(=O)c2cccs2)nc1. The summed E-state index contributed by atoms with van der Waals surface area (Å²) in [6.07, 6.45) is 1.69. The van der Waals surface area contributed by atoms with Gasteiger partial charge in [-0.25, -0.2) is 4.98 Å². The highest BCUT2D eigenvalue weighted by Gasteiger charge is 2.20. The first-order valence-corrected chi connectivity index (χ1v) is 8.59. The standard InChI is InChI=1S/C19H17N3O2S/c1-13-9-10-17(20-12-13)21-18(23)14-6-3-4-7-15(14)22(2)19(24)16-8-5-11-25-16/h3-12H,1-2H3,(H,20,21,23). The van der Waals surface area contributed by atoms with Crippen LogP contribution in [0.3, 0.4) is 0 Å². The fraction of sp³-hybridized carbons (Fsp3) is 0.105. The number of hydrogen-bond acceptors (Lipinski definition) is 4. The summed E-state index contributed by atoms with van der Waals surface area (Å²) in [5.41, 5.74) is 1.97. The van der Waals surface area contributed by atoms with Gasteiger partial charge in [-0.1, -0.05) is 24.3 Å². The zero-order valence-corrected chi connectivity index (χ0v) is 14.7. The normalized spacial score (nSPS) is 10.3. The van der Waals surface area contributed by atoms with Crippen molar-refractivity contribution < 1.29 is 9.59 Å². The maximum Gasteiger partial charge on any atom is 0.268 e. The maximum absolute atomic E-state index is 12.6. The van der Waals surface area contributed by atoms with Crippen molar-refractivity contribution in [3.05, 3.63) is 76.1 Å². The highest BCUT2D eigenvalue weighted by Crippen LogP contribution is 2.23. The molecule has 126 valence electrons. The van der Waals surface area contributed by atoms with Crippen molar-refractivity contribution in [1.82, 2.24) is 4.98 Å². The summed E-state index contributed by atoms with van der Waals surface area (Å²) in [4.78, 5) is 31.5. The third-order valence-corrected chi connectivity index (χ3v) is 4.56. The van der Waals surface area contributed by atoms with Gasteiger partial charge in [0.05, 0.1) is 16.1 Å². The van der Waals surface area contributed by atoms with Gasteiger partial charge in [0.1, 0.15) is 5.82 Å². The molecule has 1 aromatic carbocycles. The van der Waals surface area contributed by atoms with Gasteiger partial charge in [-0.05, 0) is 42.1 Å². The van der Waals surface area contributed by atoms with Gasteiger partial charge in [-0.3, -0.25) is 9.59 Å². The van der Waals surface area contributed by atoms with Crippen LogP contribution in [0.2, 0.25) is 0 Å². The lowest BCUT2D eigenvalue weighted by atomic mass is 10.1. The Morgan fingerprint density at radius 1 is 1.08 bits per heavy atom. The molecule has 0 saturated carbocycles. The molecule has 0 fully saturated rings. The minimum absolute atomic E-state index is 0.149. The van der Waals surface area contributed by atoms with Crippen molar-refractivity contribution in [3.63, 3.8) is 0 Å². The van der Waals surface area contributed by atoms with Crippen molar-refractivity contribution in [2.45, 2.75) is 6.92 Å². The number of hydrogen-bond donors (Lipinski definition) is 1. The van der Waals surface area contributed by atoms with E-state index in [1.165, 1.54) is 16.2 Å². The Hall–Kier alpha value is -2.99. The van der Waals surface area contributed by atoms with Crippen molar-refractivity contribution in [2.75, 3.05) is 17.3 Å². The molecule has 5 nitrogen and oxygen atoms in total. The largest absolute Gasteiger partial charge is 0.310 e. The number of aryl methyl sites for hydroxylation is 1. The molecule has 0 bridgehead atoms. The first-order chi connectivity index (χ1) is 12.1. The molecular formula is C19H17N3O2S. The van der Waals surface area contributed by atoms with E-state index in [0.29, 0.717) is 21.9 Å². The number of para-hydroxylation sites is 1. The van der Waals surface area contributed by atoms with E-state index in [9.17, 15) is 9.59 Å². The smallest absolute Gasteiger partial charge is 0.268 e. The van der Waals surface area contributed by atoms with E-state index in [4.69, 9.17) is 0 Å². The van der Waals surface area contributed by atoms with Gasteiger partial charge in [-0.2, -0.15) is 0 Å². The van der Waals surface area contributed by atoms with Gasteiger partial charge in [0.25, 0.3) is 11.8 Å². The number of carbonyl (C=O) groups is 2. The fourth-order valence-electron chi connectivity index (χ4n) is 2.36. The quantitative estimate of drug-likeness (QED) is 0.773. The number of anilines is 2. The number of amides is 2. The number of pyridine rings is 1. The van der Waals surface area contributed by atoms with E-state index in [1.807, 2.05) is 24.4 Å². The molecule has 1 N–H and O–H groups in total. The summed E-state index contributed by atoms with van der Waals surface area (Å²) in [6.45, 7) is 1.93. The molecule has 0 aliphatic heterocycles. The Morgan fingerprint density at radius 3 is 2.56 bits per heavy atom. The number of nitrogens with one attached hydrogen (secondary N) is 1. The zero-order valence-electron chi connectivity index (χ0n) is 13.9. The molecule has 3 aromatic rings. The molecule has 0 aliphatic carbocycles. The van der Waals surface area contributed by atoms with Gasteiger partial charge in [0, 0.05) is 13.2 Å². The minimum atomic E-state index is -0.308. The van der Waals surface area contributed by atoms with Gasteiger partial charge < -0.3 is 10.2 Å². The Balaban J connectivity index is 1.86. The molecule has 25 heavy (non-hydrogen) atoms. The van der Waals surface area contributed by atoms with Crippen LogP contribution in [-0.2, 0) is 0 Å². The van der Waals surface area contributed by atoms with Crippen LogP contribution in [0.4, 0.5) is 11.5 Å². The van der Waals surface area contributed by atoms with E-state index in [-0.39, 0.29) is 11.8 Å². The lowest BCUT2D eigenvalue weighted by Crippen LogP contribution is -2.28. The van der Waals surface area contributed by atoms with E-state index in [1.54, 1.807) is 49.6 Å². The molecule has 6 heteroatoms. The van der Waals surface area contributed by atoms with Crippen LogP contribution in [0.25, 0.3) is 0 Å². The summed E-state index contributed by atoms with van der Waals surface area (Å²) in [5, 5.41) is 4.62. The topological polar surface area (TPSA) is 62.3 Å². The number of benzene rings is 1. The molecule has 3 rings (SSSR count). The minimum Gasteiger partial charge on any atom is -0.310 e. The second kappa shape index (κ2) is 7.27. The third kappa shape index (κ3) is 3.75. The van der Waals surface area contributed by atoms with Gasteiger partial charge >= 0.3 is 0 Å². The van der Waals surface area contributed by atoms with Crippen molar-refractivity contribution >= 4 is 34.7 Å². The highest BCUT2D eigenvalue weighted by atomic mass is 32.1. The Morgan fingerprint density at radius 2 is 1.88 bits per heavy atom. The summed E-state index contributed by atoms with van der Waals surface area (Å²) >= 11 is 1.37. The third-order valence-electron chi connectivity index (χ3n) is 3.70. The highest BCUT2D eigenvalue weighted by molar-refractivity contribution is 7.12. The zero-order chi connectivity index (χ0) is 17.8. The molecule has 0 unspecified atom stereocenters. The molecule has 2 aromatic heterocycles. The van der Waals surface area contributed by atoms with Crippen LogP contribution >= 0.6 is 11.3 Å². The van der Waals surface area contributed by atoms with Crippen LogP contribution in [-0.4, -0.2) is 23.8 Å². The van der Waals surface area contributed by atoms with Crippen LogP contribution in [0, 0.1) is 6.92 Å². The van der Waals surface area contributed by atoms with Gasteiger partial charge in [0.15, 0.2) is 0 Å². The van der Waals surface area contributed by atoms with Crippen molar-refractivity contribution in [2.24, 2.45) is 0 Å². The van der Waals surface area contributed by atoms with Crippen LogP contribution in [0.15, 0.2) is 60.1 Å². The predicted octanol–water partition coefficient (Wildman–Crippen LogP) is 3.98. The molecular weight excluding hydrogens is 334 g/mol. The van der Waals surface area contributed by atoms with E-state index < -0.39 is 0 Å². The molecule has 0 aliphatic rings. The van der Waals surface area contributed by atoms with Crippen molar-refractivity contribution in [1.29, 1.82) is 0 Å². The number of aromatic nitrogens is 1. The Kier molecular flexibility index (Phi) is 4.90. The average molecular weight is 351 g/mol. The molecule has 2 heterocycles. The fourth-order valence-corrected chi connectivity index (χ4v) is 3.06. The predicted molar refractivity (Wildman–Crippen MR) is 100 cm³/mol. The Bertz CT molecular complexity index is 889. The van der Waals surface area contributed by atoms with Crippen LogP contribution in [0.5, 0.6) is 0 Å². The van der Waals surface area contributed by atoms with Crippen LogP contribution < -0.4 is 10.2 Å².